The summed E-state index contributed by atoms with van der Waals surface area (Å²) in [6.45, 7) is 1.88. The van der Waals surface area contributed by atoms with Crippen molar-refractivity contribution in [3.8, 4) is 0 Å². The molecule has 0 fully saturated rings. The second-order valence-corrected chi connectivity index (χ2v) is 3.49. The van der Waals surface area contributed by atoms with Crippen LogP contribution in [0.1, 0.15) is 16.1 Å². The number of carbonyl (C=O) groups excluding carboxylic acids is 1. The van der Waals surface area contributed by atoms with Gasteiger partial charge in [0, 0.05) is 6.20 Å². The summed E-state index contributed by atoms with van der Waals surface area (Å²) in [5, 5.41) is 10.0. The standard InChI is InChI=1S/C11H11N5O/c1-7-4-5-13-6-9(7)14-11(17)8-2-3-10(12)16-15-8/h2-6H,1H3,(H2,12,16)(H,14,17). The molecule has 6 heteroatoms. The van der Waals surface area contributed by atoms with E-state index in [0.717, 1.165) is 5.56 Å². The average Bonchev–Trinajstić information content (AvgIpc) is 2.33. The third kappa shape index (κ3) is 2.54. The number of nitrogens with two attached hydrogens (primary N) is 1. The lowest BCUT2D eigenvalue weighted by atomic mass is 10.2. The molecular formula is C11H11N5O. The van der Waals surface area contributed by atoms with Gasteiger partial charge in [-0.2, -0.15) is 0 Å². The van der Waals surface area contributed by atoms with Crippen molar-refractivity contribution in [2.75, 3.05) is 11.1 Å². The number of hydrogen-bond acceptors (Lipinski definition) is 5. The van der Waals surface area contributed by atoms with Crippen molar-refractivity contribution in [3.63, 3.8) is 0 Å². The molecule has 3 N–H and O–H groups in total. The molecule has 0 aliphatic heterocycles. The van der Waals surface area contributed by atoms with Crippen LogP contribution in [0.3, 0.4) is 0 Å². The topological polar surface area (TPSA) is 93.8 Å². The number of nitrogens with zero attached hydrogens (tertiary/aromatic N) is 3. The molecule has 0 unspecified atom stereocenters. The summed E-state index contributed by atoms with van der Waals surface area (Å²) in [7, 11) is 0. The summed E-state index contributed by atoms with van der Waals surface area (Å²) >= 11 is 0. The van der Waals surface area contributed by atoms with Crippen LogP contribution < -0.4 is 11.1 Å². The maximum absolute atomic E-state index is 11.8. The van der Waals surface area contributed by atoms with Gasteiger partial charge in [0.1, 0.15) is 5.82 Å². The number of rotatable bonds is 2. The van der Waals surface area contributed by atoms with Crippen LogP contribution in [0.2, 0.25) is 0 Å². The number of anilines is 2. The van der Waals surface area contributed by atoms with Crippen LogP contribution in [0, 0.1) is 6.92 Å². The Hall–Kier alpha value is -2.50. The van der Waals surface area contributed by atoms with Crippen molar-refractivity contribution < 1.29 is 4.79 Å². The Morgan fingerprint density at radius 1 is 1.29 bits per heavy atom. The summed E-state index contributed by atoms with van der Waals surface area (Å²) in [4.78, 5) is 15.7. The number of nitrogens with one attached hydrogen (secondary N) is 1. The lowest BCUT2D eigenvalue weighted by Crippen LogP contribution is -2.15. The lowest BCUT2D eigenvalue weighted by Gasteiger charge is -2.06. The number of nitrogen functional groups attached to an aromatic ring is 1. The quantitative estimate of drug-likeness (QED) is 0.801. The largest absolute Gasteiger partial charge is 0.382 e. The Morgan fingerprint density at radius 2 is 2.12 bits per heavy atom. The first-order chi connectivity index (χ1) is 8.16. The van der Waals surface area contributed by atoms with E-state index in [4.69, 9.17) is 5.73 Å². The van der Waals surface area contributed by atoms with Gasteiger partial charge in [0.15, 0.2) is 5.69 Å². The molecule has 6 nitrogen and oxygen atoms in total. The molecule has 0 saturated carbocycles. The van der Waals surface area contributed by atoms with Gasteiger partial charge in [0.25, 0.3) is 5.91 Å². The van der Waals surface area contributed by atoms with E-state index in [1.54, 1.807) is 12.4 Å². The summed E-state index contributed by atoms with van der Waals surface area (Å²) in [6.07, 6.45) is 3.24. The number of amides is 1. The number of carbonyl (C=O) groups is 1. The molecule has 0 saturated heterocycles. The third-order valence-corrected chi connectivity index (χ3v) is 2.21. The predicted octanol–water partition coefficient (Wildman–Crippen LogP) is 1.01. The Balaban J connectivity index is 2.17. The van der Waals surface area contributed by atoms with Crippen molar-refractivity contribution in [1.82, 2.24) is 15.2 Å². The van der Waals surface area contributed by atoms with Crippen LogP contribution in [0.15, 0.2) is 30.6 Å². The molecule has 86 valence electrons. The molecule has 0 radical (unpaired) electrons. The minimum Gasteiger partial charge on any atom is -0.382 e. The van der Waals surface area contributed by atoms with E-state index < -0.39 is 0 Å². The molecule has 17 heavy (non-hydrogen) atoms. The minimum atomic E-state index is -0.339. The van der Waals surface area contributed by atoms with Crippen LogP contribution in [0.25, 0.3) is 0 Å². The molecule has 0 spiro atoms. The molecule has 0 aromatic carbocycles. The summed E-state index contributed by atoms with van der Waals surface area (Å²) in [5.74, 6) is -0.0623. The highest BCUT2D eigenvalue weighted by Crippen LogP contribution is 2.12. The number of hydrogen-bond donors (Lipinski definition) is 2. The molecular weight excluding hydrogens is 218 g/mol. The molecule has 0 atom stereocenters. The Labute approximate surface area is 97.9 Å². The second kappa shape index (κ2) is 4.56. The van der Waals surface area contributed by atoms with Gasteiger partial charge in [0.05, 0.1) is 11.9 Å². The van der Waals surface area contributed by atoms with Gasteiger partial charge >= 0.3 is 0 Å². The first kappa shape index (κ1) is 11.0. The zero-order chi connectivity index (χ0) is 12.3. The predicted molar refractivity (Wildman–Crippen MR) is 63.4 cm³/mol. The molecule has 2 heterocycles. The highest BCUT2D eigenvalue weighted by Gasteiger charge is 2.09. The average molecular weight is 229 g/mol. The van der Waals surface area contributed by atoms with Crippen molar-refractivity contribution >= 4 is 17.4 Å². The van der Waals surface area contributed by atoms with Crippen molar-refractivity contribution in [2.24, 2.45) is 0 Å². The van der Waals surface area contributed by atoms with E-state index in [9.17, 15) is 4.79 Å². The Morgan fingerprint density at radius 3 is 2.76 bits per heavy atom. The van der Waals surface area contributed by atoms with E-state index in [1.165, 1.54) is 12.1 Å². The third-order valence-electron chi connectivity index (χ3n) is 2.21. The molecule has 0 aliphatic carbocycles. The van der Waals surface area contributed by atoms with Crippen molar-refractivity contribution in [2.45, 2.75) is 6.92 Å². The van der Waals surface area contributed by atoms with E-state index in [2.05, 4.69) is 20.5 Å². The van der Waals surface area contributed by atoms with Crippen molar-refractivity contribution in [3.05, 3.63) is 41.9 Å². The van der Waals surface area contributed by atoms with Gasteiger partial charge in [-0.25, -0.2) is 0 Å². The highest BCUT2D eigenvalue weighted by atomic mass is 16.1. The summed E-state index contributed by atoms with van der Waals surface area (Å²) in [6, 6.07) is 4.85. The second-order valence-electron chi connectivity index (χ2n) is 3.49. The van der Waals surface area contributed by atoms with Crippen LogP contribution in [-0.4, -0.2) is 21.1 Å². The SMILES string of the molecule is Cc1ccncc1NC(=O)c1ccc(N)nn1. The van der Waals surface area contributed by atoms with Gasteiger partial charge in [-0.15, -0.1) is 10.2 Å². The van der Waals surface area contributed by atoms with E-state index in [-0.39, 0.29) is 17.4 Å². The maximum atomic E-state index is 11.8. The highest BCUT2D eigenvalue weighted by molar-refractivity contribution is 6.03. The van der Waals surface area contributed by atoms with Crippen molar-refractivity contribution in [1.29, 1.82) is 0 Å². The van der Waals surface area contributed by atoms with E-state index >= 15 is 0 Å². The Kier molecular flexibility index (Phi) is 2.95. The molecule has 2 aromatic heterocycles. The number of aromatic nitrogens is 3. The van der Waals surface area contributed by atoms with Crippen LogP contribution in [-0.2, 0) is 0 Å². The van der Waals surface area contributed by atoms with E-state index in [1.807, 2.05) is 13.0 Å². The van der Waals surface area contributed by atoms with Crippen LogP contribution >= 0.6 is 0 Å². The first-order valence-corrected chi connectivity index (χ1v) is 4.98. The monoisotopic (exact) mass is 229 g/mol. The normalized spacial score (nSPS) is 9.94. The smallest absolute Gasteiger partial charge is 0.276 e. The molecule has 2 rings (SSSR count). The molecule has 0 bridgehead atoms. The Bertz CT molecular complexity index is 538. The van der Waals surface area contributed by atoms with Gasteiger partial charge in [-0.1, -0.05) is 0 Å². The number of pyridine rings is 1. The van der Waals surface area contributed by atoms with Gasteiger partial charge in [0.2, 0.25) is 0 Å². The van der Waals surface area contributed by atoms with Gasteiger partial charge in [-0.3, -0.25) is 9.78 Å². The lowest BCUT2D eigenvalue weighted by molar-refractivity contribution is 0.102. The summed E-state index contributed by atoms with van der Waals surface area (Å²) < 4.78 is 0. The van der Waals surface area contributed by atoms with E-state index in [0.29, 0.717) is 5.69 Å². The van der Waals surface area contributed by atoms with Gasteiger partial charge in [-0.05, 0) is 30.7 Å². The fraction of sp³-hybridized carbons (Fsp3) is 0.0909. The van der Waals surface area contributed by atoms with Crippen LogP contribution in [0.5, 0.6) is 0 Å². The molecule has 0 aliphatic rings. The van der Waals surface area contributed by atoms with Crippen LogP contribution in [0.4, 0.5) is 11.5 Å². The number of aryl methyl sites for hydroxylation is 1. The van der Waals surface area contributed by atoms with Gasteiger partial charge < -0.3 is 11.1 Å². The fourth-order valence-electron chi connectivity index (χ4n) is 1.24. The first-order valence-electron chi connectivity index (χ1n) is 4.98. The minimum absolute atomic E-state index is 0.211. The maximum Gasteiger partial charge on any atom is 0.276 e. The zero-order valence-electron chi connectivity index (χ0n) is 9.21. The molecule has 2 aromatic rings. The summed E-state index contributed by atoms with van der Waals surface area (Å²) in [5.41, 5.74) is 7.18. The zero-order valence-corrected chi connectivity index (χ0v) is 9.21. The molecule has 1 amide bonds. The fourth-order valence-corrected chi connectivity index (χ4v) is 1.24.